The Morgan fingerprint density at radius 1 is 1.36 bits per heavy atom. The minimum Gasteiger partial charge on any atom is -0.361 e. The van der Waals surface area contributed by atoms with Gasteiger partial charge < -0.3 is 14.7 Å². The Bertz CT molecular complexity index is 665. The van der Waals surface area contributed by atoms with Crippen LogP contribution in [0.15, 0.2) is 4.52 Å². The van der Waals surface area contributed by atoms with Gasteiger partial charge in [-0.15, -0.1) is 0 Å². The number of amides is 2. The van der Waals surface area contributed by atoms with Crippen LogP contribution in [-0.2, 0) is 4.79 Å². The number of alkyl halides is 2. The average molecular weight is 356 g/mol. The van der Waals surface area contributed by atoms with E-state index in [1.54, 1.807) is 23.6 Å². The molecule has 1 aromatic heterocycles. The van der Waals surface area contributed by atoms with Gasteiger partial charge in [0, 0.05) is 45.1 Å². The highest BCUT2D eigenvalue weighted by atomic mass is 19.3. The number of nitrogens with zero attached hydrogens (tertiary/aromatic N) is 3. The predicted octanol–water partition coefficient (Wildman–Crippen LogP) is 0.962. The van der Waals surface area contributed by atoms with Gasteiger partial charge in [0.1, 0.15) is 11.3 Å². The lowest BCUT2D eigenvalue weighted by Gasteiger charge is -2.45. The number of likely N-dealkylation sites (tertiary alicyclic amines) is 2. The Balaban J connectivity index is 1.62. The first-order valence-corrected chi connectivity index (χ1v) is 8.28. The van der Waals surface area contributed by atoms with Crippen LogP contribution in [0, 0.1) is 13.8 Å². The zero-order valence-electron chi connectivity index (χ0n) is 14.5. The van der Waals surface area contributed by atoms with E-state index in [-0.39, 0.29) is 37.4 Å². The van der Waals surface area contributed by atoms with Gasteiger partial charge in [0.15, 0.2) is 0 Å². The fourth-order valence-electron chi connectivity index (χ4n) is 3.58. The predicted molar refractivity (Wildman–Crippen MR) is 84.4 cm³/mol. The molecular formula is C16H22F2N4O3. The van der Waals surface area contributed by atoms with Crippen LogP contribution in [0.25, 0.3) is 0 Å². The maximum atomic E-state index is 13.8. The highest BCUT2D eigenvalue weighted by Crippen LogP contribution is 2.35. The standard InChI is InChI=1S/C16H22F2N4O3/c1-9-14(10(2)25-20-9)15(24)21-6-13(7-21)22-8-16(17,18)4-12(22)5-19-11(3)23/h12-13H,4-8H2,1-3H3,(H,19,23)/t12-/m0/s1. The summed E-state index contributed by atoms with van der Waals surface area (Å²) in [6.07, 6.45) is -0.276. The Kier molecular flexibility index (Phi) is 4.52. The van der Waals surface area contributed by atoms with Crippen LogP contribution >= 0.6 is 0 Å². The average Bonchev–Trinajstić information content (AvgIpc) is 2.94. The molecule has 9 heteroatoms. The second kappa shape index (κ2) is 6.36. The molecule has 0 radical (unpaired) electrons. The van der Waals surface area contributed by atoms with E-state index in [2.05, 4.69) is 10.5 Å². The molecule has 25 heavy (non-hydrogen) atoms. The summed E-state index contributed by atoms with van der Waals surface area (Å²) in [6, 6.07) is -0.545. The molecule has 0 aliphatic carbocycles. The molecule has 0 bridgehead atoms. The molecule has 2 saturated heterocycles. The van der Waals surface area contributed by atoms with E-state index in [4.69, 9.17) is 4.52 Å². The number of aromatic nitrogens is 1. The SMILES string of the molecule is CC(=O)NC[C@@H]1CC(F)(F)CN1C1CN(C(=O)c2c(C)noc2C)C1. The van der Waals surface area contributed by atoms with E-state index in [1.165, 1.54) is 6.92 Å². The number of carbonyl (C=O) groups is 2. The van der Waals surface area contributed by atoms with Gasteiger partial charge >= 0.3 is 0 Å². The number of carbonyl (C=O) groups excluding carboxylic acids is 2. The fourth-order valence-corrected chi connectivity index (χ4v) is 3.58. The third kappa shape index (κ3) is 3.51. The van der Waals surface area contributed by atoms with Crippen molar-refractivity contribution < 1.29 is 22.9 Å². The molecule has 3 rings (SSSR count). The van der Waals surface area contributed by atoms with Crippen LogP contribution in [0.3, 0.4) is 0 Å². The topological polar surface area (TPSA) is 78.7 Å². The van der Waals surface area contributed by atoms with Crippen LogP contribution in [0.2, 0.25) is 0 Å². The molecule has 2 aliphatic rings. The third-order valence-electron chi connectivity index (χ3n) is 4.87. The number of aryl methyl sites for hydroxylation is 2. The highest BCUT2D eigenvalue weighted by molar-refractivity contribution is 5.96. The molecule has 2 amide bonds. The van der Waals surface area contributed by atoms with E-state index in [0.717, 1.165) is 0 Å². The molecule has 3 heterocycles. The van der Waals surface area contributed by atoms with Gasteiger partial charge in [-0.1, -0.05) is 5.16 Å². The second-order valence-corrected chi connectivity index (χ2v) is 6.89. The Labute approximate surface area is 144 Å². The van der Waals surface area contributed by atoms with Crippen molar-refractivity contribution in [3.63, 3.8) is 0 Å². The lowest BCUT2D eigenvalue weighted by atomic mass is 10.0. The van der Waals surface area contributed by atoms with Gasteiger partial charge in [0.2, 0.25) is 5.91 Å². The molecular weight excluding hydrogens is 334 g/mol. The molecule has 0 spiro atoms. The first-order chi connectivity index (χ1) is 11.7. The number of hydrogen-bond acceptors (Lipinski definition) is 5. The number of hydrogen-bond donors (Lipinski definition) is 1. The van der Waals surface area contributed by atoms with E-state index in [0.29, 0.717) is 30.1 Å². The normalized spacial score (nSPS) is 23.6. The van der Waals surface area contributed by atoms with Crippen LogP contribution in [0.4, 0.5) is 8.78 Å². The van der Waals surface area contributed by atoms with Crippen molar-refractivity contribution in [1.29, 1.82) is 0 Å². The van der Waals surface area contributed by atoms with Crippen molar-refractivity contribution >= 4 is 11.8 Å². The van der Waals surface area contributed by atoms with E-state index < -0.39 is 12.0 Å². The van der Waals surface area contributed by atoms with E-state index in [1.807, 2.05) is 0 Å². The van der Waals surface area contributed by atoms with Crippen LogP contribution in [0.5, 0.6) is 0 Å². The van der Waals surface area contributed by atoms with Crippen molar-refractivity contribution in [1.82, 2.24) is 20.3 Å². The Hall–Kier alpha value is -2.03. The molecule has 2 aliphatic heterocycles. The summed E-state index contributed by atoms with van der Waals surface area (Å²) in [4.78, 5) is 26.9. The molecule has 138 valence electrons. The van der Waals surface area contributed by atoms with Crippen molar-refractivity contribution in [2.45, 2.75) is 45.2 Å². The first-order valence-electron chi connectivity index (χ1n) is 8.28. The minimum absolute atomic E-state index is 0.128. The molecule has 1 N–H and O–H groups in total. The van der Waals surface area contributed by atoms with Crippen LogP contribution < -0.4 is 5.32 Å². The zero-order chi connectivity index (χ0) is 18.4. The minimum atomic E-state index is -2.77. The summed E-state index contributed by atoms with van der Waals surface area (Å²) in [5.74, 6) is -2.73. The molecule has 0 unspecified atom stereocenters. The fraction of sp³-hybridized carbons (Fsp3) is 0.688. The molecule has 1 aromatic rings. The maximum Gasteiger partial charge on any atom is 0.262 e. The molecule has 0 aromatic carbocycles. The molecule has 1 atom stereocenters. The summed E-state index contributed by atoms with van der Waals surface area (Å²) in [5, 5.41) is 6.39. The van der Waals surface area contributed by atoms with Gasteiger partial charge in [0.25, 0.3) is 11.8 Å². The van der Waals surface area contributed by atoms with Crippen molar-refractivity contribution in [2.24, 2.45) is 0 Å². The van der Waals surface area contributed by atoms with E-state index in [9.17, 15) is 18.4 Å². The monoisotopic (exact) mass is 356 g/mol. The number of nitrogens with one attached hydrogen (secondary N) is 1. The quantitative estimate of drug-likeness (QED) is 0.869. The summed E-state index contributed by atoms with van der Waals surface area (Å²) < 4.78 is 32.7. The molecule has 7 nitrogen and oxygen atoms in total. The van der Waals surface area contributed by atoms with Crippen molar-refractivity contribution in [3.8, 4) is 0 Å². The lowest BCUT2D eigenvalue weighted by molar-refractivity contribution is -0.119. The lowest BCUT2D eigenvalue weighted by Crippen LogP contribution is -2.63. The summed E-state index contributed by atoms with van der Waals surface area (Å²) in [7, 11) is 0. The van der Waals surface area contributed by atoms with Gasteiger partial charge in [-0.2, -0.15) is 0 Å². The van der Waals surface area contributed by atoms with Gasteiger partial charge in [-0.3, -0.25) is 14.5 Å². The zero-order valence-corrected chi connectivity index (χ0v) is 14.5. The first kappa shape index (κ1) is 17.8. The van der Waals surface area contributed by atoms with Gasteiger partial charge in [-0.25, -0.2) is 8.78 Å². The third-order valence-corrected chi connectivity index (χ3v) is 4.87. The van der Waals surface area contributed by atoms with E-state index >= 15 is 0 Å². The van der Waals surface area contributed by atoms with Gasteiger partial charge in [-0.05, 0) is 13.8 Å². The maximum absolute atomic E-state index is 13.8. The number of halogens is 2. The summed E-state index contributed by atoms with van der Waals surface area (Å²) in [6.45, 7) is 5.37. The summed E-state index contributed by atoms with van der Waals surface area (Å²) in [5.41, 5.74) is 0.974. The summed E-state index contributed by atoms with van der Waals surface area (Å²) >= 11 is 0. The highest BCUT2D eigenvalue weighted by Gasteiger charge is 2.50. The van der Waals surface area contributed by atoms with Gasteiger partial charge in [0.05, 0.1) is 12.2 Å². The second-order valence-electron chi connectivity index (χ2n) is 6.89. The smallest absolute Gasteiger partial charge is 0.262 e. The Morgan fingerprint density at radius 3 is 2.60 bits per heavy atom. The van der Waals surface area contributed by atoms with Crippen molar-refractivity contribution in [2.75, 3.05) is 26.2 Å². The number of rotatable bonds is 4. The molecule has 0 saturated carbocycles. The Morgan fingerprint density at radius 2 is 2.04 bits per heavy atom. The van der Waals surface area contributed by atoms with Crippen LogP contribution in [0.1, 0.15) is 35.2 Å². The molecule has 2 fully saturated rings. The van der Waals surface area contributed by atoms with Crippen LogP contribution in [-0.4, -0.2) is 71.0 Å². The largest absolute Gasteiger partial charge is 0.361 e. The van der Waals surface area contributed by atoms with Crippen molar-refractivity contribution in [3.05, 3.63) is 17.0 Å².